The van der Waals surface area contributed by atoms with Gasteiger partial charge in [0.2, 0.25) is 11.8 Å². The number of halogens is 2. The van der Waals surface area contributed by atoms with Gasteiger partial charge in [-0.15, -0.1) is 0 Å². The van der Waals surface area contributed by atoms with Crippen LogP contribution in [0.25, 0.3) is 11.1 Å². The highest BCUT2D eigenvalue weighted by Gasteiger charge is 2.36. The minimum atomic E-state index is -1.02. The average molecular weight is 628 g/mol. The summed E-state index contributed by atoms with van der Waals surface area (Å²) in [7, 11) is 1.56. The lowest BCUT2D eigenvalue weighted by molar-refractivity contribution is -0.137. The first-order valence-corrected chi connectivity index (χ1v) is 15.1. The summed E-state index contributed by atoms with van der Waals surface area (Å²) in [5, 5.41) is 11.4. The monoisotopic (exact) mass is 627 g/mol. The van der Waals surface area contributed by atoms with Crippen LogP contribution in [0.15, 0.2) is 79.0 Å². The van der Waals surface area contributed by atoms with Gasteiger partial charge in [0.05, 0.1) is 19.4 Å². The molecule has 238 valence electrons. The molecule has 3 aromatic carbocycles. The van der Waals surface area contributed by atoms with E-state index >= 15 is 0 Å². The van der Waals surface area contributed by atoms with Crippen LogP contribution in [-0.4, -0.2) is 46.4 Å². The highest BCUT2D eigenvalue weighted by molar-refractivity contribution is 5.94. The van der Waals surface area contributed by atoms with Gasteiger partial charge in [-0.05, 0) is 76.6 Å². The molecule has 0 fully saturated rings. The second-order valence-electron chi connectivity index (χ2n) is 11.4. The van der Waals surface area contributed by atoms with Gasteiger partial charge < -0.3 is 20.1 Å². The minimum absolute atomic E-state index is 0.00715. The highest BCUT2D eigenvalue weighted by atomic mass is 19.1. The fourth-order valence-electron chi connectivity index (χ4n) is 6.00. The number of rotatable bonds is 12. The quantitative estimate of drug-likeness (QED) is 0.187. The summed E-state index contributed by atoms with van der Waals surface area (Å²) in [5.74, 6) is -4.03. The molecule has 4 aromatic rings. The van der Waals surface area contributed by atoms with Crippen LogP contribution in [0.5, 0.6) is 5.88 Å². The molecule has 0 bridgehead atoms. The van der Waals surface area contributed by atoms with E-state index < -0.39 is 35.3 Å². The summed E-state index contributed by atoms with van der Waals surface area (Å²) in [5.41, 5.74) is 5.16. The molecule has 0 saturated heterocycles. The first kappa shape index (κ1) is 32.3. The number of hydrogen-bond acceptors (Lipinski definition) is 5. The largest absolute Gasteiger partial charge is 0.481 e. The summed E-state index contributed by atoms with van der Waals surface area (Å²) in [4.78, 5) is 43.8. The van der Waals surface area contributed by atoms with Gasteiger partial charge in [0.1, 0.15) is 11.6 Å². The van der Waals surface area contributed by atoms with Crippen molar-refractivity contribution in [3.63, 3.8) is 0 Å². The SMILES string of the molecule is CCCC(c1ccc(C(=O)NCCC(=O)O)cc1)C(C(=O)N1Cc2ccc(-c3ccc(OC)nc3)cc2C1)c1cc(F)cc(F)c1. The molecule has 0 saturated carbocycles. The van der Waals surface area contributed by atoms with Crippen molar-refractivity contribution in [2.45, 2.75) is 51.1 Å². The number of aliphatic carboxylic acids is 1. The molecule has 5 rings (SSSR count). The molecular formula is C36H35F2N3O5. The molecule has 0 radical (unpaired) electrons. The number of nitrogens with one attached hydrogen (secondary N) is 1. The van der Waals surface area contributed by atoms with E-state index in [9.17, 15) is 23.2 Å². The lowest BCUT2D eigenvalue weighted by Gasteiger charge is -2.31. The maximum Gasteiger partial charge on any atom is 0.305 e. The maximum atomic E-state index is 14.6. The van der Waals surface area contributed by atoms with Crippen LogP contribution in [0.1, 0.15) is 70.6 Å². The predicted molar refractivity (Wildman–Crippen MR) is 168 cm³/mol. The van der Waals surface area contributed by atoms with Crippen molar-refractivity contribution < 1.29 is 33.0 Å². The Balaban J connectivity index is 1.44. The highest BCUT2D eigenvalue weighted by Crippen LogP contribution is 2.41. The van der Waals surface area contributed by atoms with E-state index in [1.54, 1.807) is 48.5 Å². The van der Waals surface area contributed by atoms with Crippen molar-refractivity contribution >= 4 is 17.8 Å². The van der Waals surface area contributed by atoms with E-state index in [1.165, 1.54) is 12.1 Å². The number of nitrogens with zero attached hydrogens (tertiary/aromatic N) is 2. The van der Waals surface area contributed by atoms with Gasteiger partial charge in [0, 0.05) is 49.1 Å². The normalized spacial score (nSPS) is 13.5. The Bertz CT molecular complexity index is 1710. The number of amides is 2. The molecule has 2 N–H and O–H groups in total. The number of pyridine rings is 1. The lowest BCUT2D eigenvalue weighted by atomic mass is 9.77. The number of benzene rings is 3. The Labute approximate surface area is 266 Å². The van der Waals surface area contributed by atoms with Crippen LogP contribution in [0.4, 0.5) is 8.78 Å². The third-order valence-corrected chi connectivity index (χ3v) is 8.26. The summed E-state index contributed by atoms with van der Waals surface area (Å²) < 4.78 is 34.3. The van der Waals surface area contributed by atoms with Crippen LogP contribution in [0.3, 0.4) is 0 Å². The standard InChI is InChI=1S/C36H35F2N3O5/c1-3-4-31(22-5-7-23(8-6-22)35(44)39-14-13-33(42)43)34(27-16-29(37)18-30(38)17-27)36(45)41-20-26-10-9-24(15-28(26)21-41)25-11-12-32(46-2)40-19-25/h5-12,15-19,31,34H,3-4,13-14,20-21H2,1-2H3,(H,39,44)(H,42,43). The van der Waals surface area contributed by atoms with Crippen LogP contribution in [0.2, 0.25) is 0 Å². The van der Waals surface area contributed by atoms with E-state index in [1.807, 2.05) is 31.2 Å². The topological polar surface area (TPSA) is 109 Å². The third-order valence-electron chi connectivity index (χ3n) is 8.26. The van der Waals surface area contributed by atoms with Gasteiger partial charge in [-0.2, -0.15) is 0 Å². The number of carbonyl (C=O) groups excluding carboxylic acids is 2. The average Bonchev–Trinajstić information content (AvgIpc) is 3.48. The summed E-state index contributed by atoms with van der Waals surface area (Å²) >= 11 is 0. The third kappa shape index (κ3) is 7.39. The first-order valence-electron chi connectivity index (χ1n) is 15.1. The molecule has 10 heteroatoms. The minimum Gasteiger partial charge on any atom is -0.481 e. The van der Waals surface area contributed by atoms with Crippen LogP contribution in [-0.2, 0) is 22.7 Å². The zero-order valence-electron chi connectivity index (χ0n) is 25.6. The van der Waals surface area contributed by atoms with Crippen molar-refractivity contribution in [1.82, 2.24) is 15.2 Å². The van der Waals surface area contributed by atoms with Crippen molar-refractivity contribution in [2.24, 2.45) is 0 Å². The molecule has 8 nitrogen and oxygen atoms in total. The lowest BCUT2D eigenvalue weighted by Crippen LogP contribution is -2.34. The number of methoxy groups -OCH3 is 1. The van der Waals surface area contributed by atoms with Gasteiger partial charge in [0.25, 0.3) is 5.91 Å². The Morgan fingerprint density at radius 3 is 2.24 bits per heavy atom. The van der Waals surface area contributed by atoms with Crippen molar-refractivity contribution in [1.29, 1.82) is 0 Å². The molecule has 0 spiro atoms. The zero-order chi connectivity index (χ0) is 32.8. The van der Waals surface area contributed by atoms with Gasteiger partial charge in [-0.1, -0.05) is 37.6 Å². The zero-order valence-corrected chi connectivity index (χ0v) is 25.6. The van der Waals surface area contributed by atoms with Crippen LogP contribution in [0, 0.1) is 11.6 Å². The molecular weight excluding hydrogens is 592 g/mol. The molecule has 46 heavy (non-hydrogen) atoms. The number of fused-ring (bicyclic) bond motifs is 1. The van der Waals surface area contributed by atoms with Gasteiger partial charge in [0.15, 0.2) is 0 Å². The second kappa shape index (κ2) is 14.3. The van der Waals surface area contributed by atoms with E-state index in [2.05, 4.69) is 10.3 Å². The number of ether oxygens (including phenoxy) is 1. The Kier molecular flexibility index (Phi) is 10.0. The first-order chi connectivity index (χ1) is 22.2. The van der Waals surface area contributed by atoms with Crippen LogP contribution < -0.4 is 10.1 Å². The van der Waals surface area contributed by atoms with E-state index in [4.69, 9.17) is 9.84 Å². The molecule has 1 aromatic heterocycles. The molecule has 1 aliphatic rings. The summed E-state index contributed by atoms with van der Waals surface area (Å²) in [6, 6.07) is 19.7. The molecule has 2 unspecified atom stereocenters. The van der Waals surface area contributed by atoms with Gasteiger partial charge in [-0.3, -0.25) is 14.4 Å². The van der Waals surface area contributed by atoms with Crippen molar-refractivity contribution in [3.05, 3.63) is 118 Å². The van der Waals surface area contributed by atoms with Crippen molar-refractivity contribution in [3.8, 4) is 17.0 Å². The molecule has 2 atom stereocenters. The Morgan fingerprint density at radius 2 is 1.61 bits per heavy atom. The number of aromatic nitrogens is 1. The summed E-state index contributed by atoms with van der Waals surface area (Å²) in [6.45, 7) is 2.67. The van der Waals surface area contributed by atoms with E-state index in [0.717, 1.165) is 33.9 Å². The van der Waals surface area contributed by atoms with Crippen LogP contribution >= 0.6 is 0 Å². The van der Waals surface area contributed by atoms with Crippen molar-refractivity contribution in [2.75, 3.05) is 13.7 Å². The smallest absolute Gasteiger partial charge is 0.305 e. The molecule has 0 aliphatic carbocycles. The summed E-state index contributed by atoms with van der Waals surface area (Å²) in [6.07, 6.45) is 2.78. The van der Waals surface area contributed by atoms with E-state index in [-0.39, 0.29) is 24.4 Å². The van der Waals surface area contributed by atoms with E-state index in [0.29, 0.717) is 37.4 Å². The fraction of sp³-hybridized carbons (Fsp3) is 0.278. The van der Waals surface area contributed by atoms with Gasteiger partial charge >= 0.3 is 5.97 Å². The Hall–Kier alpha value is -5.12. The number of carbonyl (C=O) groups is 3. The molecule has 1 aliphatic heterocycles. The molecule has 2 heterocycles. The number of carboxylic acids is 1. The second-order valence-corrected chi connectivity index (χ2v) is 11.4. The predicted octanol–water partition coefficient (Wildman–Crippen LogP) is 6.45. The van der Waals surface area contributed by atoms with Gasteiger partial charge in [-0.25, -0.2) is 13.8 Å². The number of carboxylic acid groups (broad SMARTS) is 1. The Morgan fingerprint density at radius 1 is 0.913 bits per heavy atom. The maximum absolute atomic E-state index is 14.6. The molecule has 2 amide bonds. The number of hydrogen-bond donors (Lipinski definition) is 2. The fourth-order valence-corrected chi connectivity index (χ4v) is 6.00.